The van der Waals surface area contributed by atoms with Crippen LogP contribution in [0.5, 0.6) is 17.2 Å². The van der Waals surface area contributed by atoms with Crippen molar-refractivity contribution in [2.24, 2.45) is 0 Å². The summed E-state index contributed by atoms with van der Waals surface area (Å²) in [6, 6.07) is 14.3. The minimum absolute atomic E-state index is 0.0913. The van der Waals surface area contributed by atoms with E-state index in [1.165, 1.54) is 0 Å². The first-order valence-electron chi connectivity index (χ1n) is 8.25. The molecule has 0 saturated heterocycles. The van der Waals surface area contributed by atoms with E-state index in [9.17, 15) is 4.79 Å². The number of rotatable bonds is 7. The molecule has 0 spiro atoms. The monoisotopic (exact) mass is 368 g/mol. The second kappa shape index (κ2) is 8.27. The number of benzene rings is 2. The molecule has 1 aromatic heterocycles. The number of hydrogen-bond acceptors (Lipinski definition) is 6. The number of nitrogens with zero attached hydrogens (tertiary/aromatic N) is 1. The molecular weight excluding hydrogens is 348 g/mol. The van der Waals surface area contributed by atoms with Gasteiger partial charge in [-0.3, -0.25) is 4.79 Å². The largest absolute Gasteiger partial charge is 0.497 e. The summed E-state index contributed by atoms with van der Waals surface area (Å²) in [7, 11) is 4.72. The minimum atomic E-state index is -0.199. The fourth-order valence-corrected chi connectivity index (χ4v) is 2.59. The predicted molar refractivity (Wildman–Crippen MR) is 100 cm³/mol. The summed E-state index contributed by atoms with van der Waals surface area (Å²) in [6.07, 6.45) is 0.0913. The van der Waals surface area contributed by atoms with Crippen LogP contribution < -0.4 is 19.5 Å². The maximum absolute atomic E-state index is 12.2. The van der Waals surface area contributed by atoms with E-state index in [0.29, 0.717) is 34.4 Å². The van der Waals surface area contributed by atoms with E-state index in [0.717, 1.165) is 5.56 Å². The lowest BCUT2D eigenvalue weighted by molar-refractivity contribution is -0.115. The van der Waals surface area contributed by atoms with Crippen LogP contribution in [0.2, 0.25) is 0 Å². The van der Waals surface area contributed by atoms with E-state index in [4.69, 9.17) is 18.7 Å². The number of carbonyl (C=O) groups excluding carboxylic acids is 1. The molecule has 7 heteroatoms. The zero-order chi connectivity index (χ0) is 19.2. The summed E-state index contributed by atoms with van der Waals surface area (Å²) in [5.41, 5.74) is 1.96. The van der Waals surface area contributed by atoms with Crippen LogP contribution in [0.4, 0.5) is 5.69 Å². The van der Waals surface area contributed by atoms with Gasteiger partial charge in [-0.15, -0.1) is 0 Å². The number of nitrogens with one attached hydrogen (secondary N) is 1. The Hall–Kier alpha value is -3.48. The molecule has 27 heavy (non-hydrogen) atoms. The zero-order valence-electron chi connectivity index (χ0n) is 15.3. The Morgan fingerprint density at radius 1 is 1.00 bits per heavy atom. The van der Waals surface area contributed by atoms with E-state index < -0.39 is 0 Å². The summed E-state index contributed by atoms with van der Waals surface area (Å²) in [4.78, 5) is 12.2. The molecule has 3 aromatic rings. The van der Waals surface area contributed by atoms with Crippen molar-refractivity contribution in [1.29, 1.82) is 0 Å². The summed E-state index contributed by atoms with van der Waals surface area (Å²) >= 11 is 0. The molecule has 140 valence electrons. The highest BCUT2D eigenvalue weighted by molar-refractivity contribution is 5.92. The molecular formula is C20H20N2O5. The normalized spacial score (nSPS) is 10.3. The third kappa shape index (κ3) is 4.38. The van der Waals surface area contributed by atoms with Crippen LogP contribution in [-0.4, -0.2) is 32.4 Å². The number of ether oxygens (including phenoxy) is 3. The standard InChI is InChI=1S/C20H20N2O5/c1-24-16-6-4-5-14(10-16)21-20(23)12-15-11-18(27-22-15)13-7-8-17(25-2)19(9-13)26-3/h4-11H,12H2,1-3H3,(H,21,23). The topological polar surface area (TPSA) is 82.8 Å². The third-order valence-corrected chi connectivity index (χ3v) is 3.92. The number of methoxy groups -OCH3 is 3. The summed E-state index contributed by atoms with van der Waals surface area (Å²) in [5.74, 6) is 2.22. The van der Waals surface area contributed by atoms with Gasteiger partial charge in [0.05, 0.1) is 33.4 Å². The Labute approximate surface area is 156 Å². The van der Waals surface area contributed by atoms with Gasteiger partial charge in [0.1, 0.15) is 5.75 Å². The molecule has 2 aromatic carbocycles. The summed E-state index contributed by atoms with van der Waals surface area (Å²) in [6.45, 7) is 0. The van der Waals surface area contributed by atoms with Crippen LogP contribution in [0.25, 0.3) is 11.3 Å². The third-order valence-electron chi connectivity index (χ3n) is 3.92. The average Bonchev–Trinajstić information content (AvgIpc) is 3.15. The van der Waals surface area contributed by atoms with Gasteiger partial charge in [0, 0.05) is 23.4 Å². The van der Waals surface area contributed by atoms with Crippen LogP contribution in [0, 0.1) is 0 Å². The molecule has 3 rings (SSSR count). The van der Waals surface area contributed by atoms with Gasteiger partial charge in [-0.2, -0.15) is 0 Å². The molecule has 0 radical (unpaired) electrons. The van der Waals surface area contributed by atoms with Crippen molar-refractivity contribution in [1.82, 2.24) is 5.16 Å². The van der Waals surface area contributed by atoms with E-state index in [2.05, 4.69) is 10.5 Å². The number of anilines is 1. The quantitative estimate of drug-likeness (QED) is 0.687. The first-order valence-corrected chi connectivity index (χ1v) is 8.25. The second-order valence-electron chi connectivity index (χ2n) is 5.71. The summed E-state index contributed by atoms with van der Waals surface area (Å²) < 4.78 is 21.0. The predicted octanol–water partition coefficient (Wildman–Crippen LogP) is 3.55. The summed E-state index contributed by atoms with van der Waals surface area (Å²) in [5, 5.41) is 6.78. The van der Waals surface area contributed by atoms with Gasteiger partial charge in [-0.25, -0.2) is 0 Å². The molecule has 1 amide bonds. The molecule has 7 nitrogen and oxygen atoms in total. The molecule has 0 saturated carbocycles. The Morgan fingerprint density at radius 2 is 1.81 bits per heavy atom. The Balaban J connectivity index is 1.69. The molecule has 0 fully saturated rings. The maximum atomic E-state index is 12.2. The molecule has 0 aliphatic rings. The smallest absolute Gasteiger partial charge is 0.230 e. The van der Waals surface area contributed by atoms with E-state index in [1.807, 2.05) is 12.1 Å². The van der Waals surface area contributed by atoms with Crippen LogP contribution in [0.15, 0.2) is 53.1 Å². The highest BCUT2D eigenvalue weighted by atomic mass is 16.5. The molecule has 0 aliphatic carbocycles. The lowest BCUT2D eigenvalue weighted by atomic mass is 10.1. The van der Waals surface area contributed by atoms with Gasteiger partial charge >= 0.3 is 0 Å². The minimum Gasteiger partial charge on any atom is -0.497 e. The molecule has 0 bridgehead atoms. The van der Waals surface area contributed by atoms with Gasteiger partial charge in [0.25, 0.3) is 0 Å². The molecule has 0 atom stereocenters. The highest BCUT2D eigenvalue weighted by Crippen LogP contribution is 2.32. The van der Waals surface area contributed by atoms with Gasteiger partial charge < -0.3 is 24.1 Å². The van der Waals surface area contributed by atoms with Crippen molar-refractivity contribution < 1.29 is 23.5 Å². The van der Waals surface area contributed by atoms with Crippen LogP contribution >= 0.6 is 0 Å². The number of carbonyl (C=O) groups is 1. The van der Waals surface area contributed by atoms with Crippen molar-refractivity contribution in [3.63, 3.8) is 0 Å². The Bertz CT molecular complexity index is 936. The first kappa shape index (κ1) is 18.3. The number of hydrogen-bond donors (Lipinski definition) is 1. The number of amides is 1. The Morgan fingerprint density at radius 3 is 2.56 bits per heavy atom. The van der Waals surface area contributed by atoms with Crippen LogP contribution in [-0.2, 0) is 11.2 Å². The van der Waals surface area contributed by atoms with Crippen LogP contribution in [0.3, 0.4) is 0 Å². The van der Waals surface area contributed by atoms with Gasteiger partial charge in [0.15, 0.2) is 17.3 Å². The van der Waals surface area contributed by atoms with Gasteiger partial charge in [-0.1, -0.05) is 11.2 Å². The van der Waals surface area contributed by atoms with Crippen LogP contribution in [0.1, 0.15) is 5.69 Å². The van der Waals surface area contributed by atoms with Crippen molar-refractivity contribution in [2.75, 3.05) is 26.6 Å². The molecule has 0 unspecified atom stereocenters. The fourth-order valence-electron chi connectivity index (χ4n) is 2.59. The molecule has 1 N–H and O–H groups in total. The SMILES string of the molecule is COc1cccc(NC(=O)Cc2cc(-c3ccc(OC)c(OC)c3)on2)c1. The van der Waals surface area contributed by atoms with Crippen molar-refractivity contribution in [3.8, 4) is 28.6 Å². The lowest BCUT2D eigenvalue weighted by Crippen LogP contribution is -2.14. The maximum Gasteiger partial charge on any atom is 0.230 e. The fraction of sp³-hybridized carbons (Fsp3) is 0.200. The Kier molecular flexibility index (Phi) is 5.61. The number of aromatic nitrogens is 1. The van der Waals surface area contributed by atoms with Gasteiger partial charge in [-0.05, 0) is 30.3 Å². The van der Waals surface area contributed by atoms with E-state index in [-0.39, 0.29) is 12.3 Å². The van der Waals surface area contributed by atoms with Crippen molar-refractivity contribution in [2.45, 2.75) is 6.42 Å². The second-order valence-corrected chi connectivity index (χ2v) is 5.71. The lowest BCUT2D eigenvalue weighted by Gasteiger charge is -2.07. The van der Waals surface area contributed by atoms with E-state index in [1.54, 1.807) is 57.7 Å². The highest BCUT2D eigenvalue weighted by Gasteiger charge is 2.13. The zero-order valence-corrected chi connectivity index (χ0v) is 15.3. The van der Waals surface area contributed by atoms with Gasteiger partial charge in [0.2, 0.25) is 5.91 Å². The van der Waals surface area contributed by atoms with Crippen molar-refractivity contribution >= 4 is 11.6 Å². The first-order chi connectivity index (χ1) is 13.1. The average molecular weight is 368 g/mol. The molecule has 0 aliphatic heterocycles. The van der Waals surface area contributed by atoms with E-state index >= 15 is 0 Å². The molecule has 1 heterocycles. The van der Waals surface area contributed by atoms with Crippen molar-refractivity contribution in [3.05, 3.63) is 54.2 Å².